The molecule has 0 radical (unpaired) electrons. The van der Waals surface area contributed by atoms with Gasteiger partial charge in [-0.1, -0.05) is 31.4 Å². The lowest BCUT2D eigenvalue weighted by Gasteiger charge is -2.52. The fourth-order valence-corrected chi connectivity index (χ4v) is 3.58. The van der Waals surface area contributed by atoms with Gasteiger partial charge in [-0.2, -0.15) is 5.26 Å². The molecule has 0 N–H and O–H groups in total. The Labute approximate surface area is 109 Å². The number of nitriles is 1. The molecule has 0 aromatic heterocycles. The molecule has 2 heteroatoms. The number of likely N-dealkylation sites (tertiary alicyclic amines) is 1. The molecule has 0 unspecified atom stereocenters. The van der Waals surface area contributed by atoms with Crippen molar-refractivity contribution in [2.24, 2.45) is 5.41 Å². The molecule has 3 rings (SSSR count). The number of nitrogens with zero attached hydrogens (tertiary/aromatic N) is 2. The number of rotatable bonds is 2. The molecule has 2 aliphatic rings. The van der Waals surface area contributed by atoms with Crippen LogP contribution in [-0.4, -0.2) is 18.0 Å². The van der Waals surface area contributed by atoms with Crippen molar-refractivity contribution in [3.05, 3.63) is 35.4 Å². The maximum absolute atomic E-state index is 8.77. The minimum Gasteiger partial charge on any atom is -0.298 e. The van der Waals surface area contributed by atoms with Crippen molar-refractivity contribution in [3.8, 4) is 6.07 Å². The zero-order valence-corrected chi connectivity index (χ0v) is 10.9. The van der Waals surface area contributed by atoms with E-state index in [1.54, 1.807) is 0 Å². The highest BCUT2D eigenvalue weighted by atomic mass is 15.2. The van der Waals surface area contributed by atoms with Crippen molar-refractivity contribution < 1.29 is 0 Å². The third-order valence-corrected chi connectivity index (χ3v) is 4.52. The molecule has 1 saturated carbocycles. The first kappa shape index (κ1) is 11.7. The largest absolute Gasteiger partial charge is 0.298 e. The van der Waals surface area contributed by atoms with Crippen molar-refractivity contribution in [2.75, 3.05) is 13.1 Å². The SMILES string of the molecule is N#Cc1ccc(CN2CC3(CCCCC3)C2)cc1. The van der Waals surface area contributed by atoms with E-state index in [4.69, 9.17) is 5.26 Å². The lowest BCUT2D eigenvalue weighted by Crippen LogP contribution is -2.56. The average molecular weight is 240 g/mol. The molecule has 0 amide bonds. The number of hydrogen-bond donors (Lipinski definition) is 0. The molecule has 0 bridgehead atoms. The van der Waals surface area contributed by atoms with Crippen molar-refractivity contribution in [1.29, 1.82) is 5.26 Å². The van der Waals surface area contributed by atoms with Gasteiger partial charge < -0.3 is 0 Å². The molecule has 1 saturated heterocycles. The average Bonchev–Trinajstić information content (AvgIpc) is 2.39. The zero-order chi connectivity index (χ0) is 12.4. The van der Waals surface area contributed by atoms with Crippen molar-refractivity contribution >= 4 is 0 Å². The molecule has 1 aromatic rings. The van der Waals surface area contributed by atoms with Gasteiger partial charge in [-0.25, -0.2) is 0 Å². The van der Waals surface area contributed by atoms with Crippen LogP contribution in [0.15, 0.2) is 24.3 Å². The lowest BCUT2D eigenvalue weighted by atomic mass is 9.68. The van der Waals surface area contributed by atoms with Crippen LogP contribution in [0.1, 0.15) is 43.2 Å². The van der Waals surface area contributed by atoms with E-state index in [0.717, 1.165) is 12.1 Å². The topological polar surface area (TPSA) is 27.0 Å². The summed E-state index contributed by atoms with van der Waals surface area (Å²) in [5.74, 6) is 0. The van der Waals surface area contributed by atoms with E-state index in [1.807, 2.05) is 12.1 Å². The van der Waals surface area contributed by atoms with Gasteiger partial charge >= 0.3 is 0 Å². The lowest BCUT2D eigenvalue weighted by molar-refractivity contribution is -0.0332. The van der Waals surface area contributed by atoms with Gasteiger partial charge in [0.05, 0.1) is 11.6 Å². The van der Waals surface area contributed by atoms with Crippen molar-refractivity contribution in [2.45, 2.75) is 38.6 Å². The summed E-state index contributed by atoms with van der Waals surface area (Å²) in [4.78, 5) is 2.55. The summed E-state index contributed by atoms with van der Waals surface area (Å²) >= 11 is 0. The molecule has 1 aliphatic heterocycles. The molecular formula is C16H20N2. The van der Waals surface area contributed by atoms with E-state index in [0.29, 0.717) is 5.41 Å². The highest BCUT2D eigenvalue weighted by molar-refractivity contribution is 5.31. The first-order valence-corrected chi connectivity index (χ1v) is 7.01. The minimum atomic E-state index is 0.671. The molecule has 1 heterocycles. The fourth-order valence-electron chi connectivity index (χ4n) is 3.58. The highest BCUT2D eigenvalue weighted by Crippen LogP contribution is 2.44. The first-order chi connectivity index (χ1) is 8.80. The predicted molar refractivity (Wildman–Crippen MR) is 72.0 cm³/mol. The predicted octanol–water partition coefficient (Wildman–Crippen LogP) is 3.32. The van der Waals surface area contributed by atoms with Gasteiger partial charge in [-0.15, -0.1) is 0 Å². The van der Waals surface area contributed by atoms with Crippen LogP contribution >= 0.6 is 0 Å². The van der Waals surface area contributed by atoms with E-state index in [-0.39, 0.29) is 0 Å². The smallest absolute Gasteiger partial charge is 0.0991 e. The van der Waals surface area contributed by atoms with Crippen LogP contribution in [0.3, 0.4) is 0 Å². The molecule has 1 aromatic carbocycles. The zero-order valence-electron chi connectivity index (χ0n) is 10.9. The van der Waals surface area contributed by atoms with Gasteiger partial charge in [0.2, 0.25) is 0 Å². The van der Waals surface area contributed by atoms with E-state index in [1.165, 1.54) is 50.8 Å². The Hall–Kier alpha value is -1.33. The van der Waals surface area contributed by atoms with Crippen molar-refractivity contribution in [3.63, 3.8) is 0 Å². The van der Waals surface area contributed by atoms with Crippen LogP contribution in [0.2, 0.25) is 0 Å². The third kappa shape index (κ3) is 2.28. The van der Waals surface area contributed by atoms with Gasteiger partial charge in [0, 0.05) is 19.6 Å². The Morgan fingerprint density at radius 1 is 1.06 bits per heavy atom. The second-order valence-electron chi connectivity index (χ2n) is 6.01. The Bertz CT molecular complexity index is 441. The molecule has 1 spiro atoms. The maximum atomic E-state index is 8.77. The van der Waals surface area contributed by atoms with Gasteiger partial charge in [0.25, 0.3) is 0 Å². The summed E-state index contributed by atoms with van der Waals surface area (Å²) in [6.45, 7) is 3.62. The van der Waals surface area contributed by atoms with Crippen molar-refractivity contribution in [1.82, 2.24) is 4.90 Å². The number of hydrogen-bond acceptors (Lipinski definition) is 2. The molecule has 94 valence electrons. The summed E-state index contributed by atoms with van der Waals surface area (Å²) < 4.78 is 0. The summed E-state index contributed by atoms with van der Waals surface area (Å²) in [6.07, 6.45) is 7.19. The van der Waals surface area contributed by atoms with Gasteiger partial charge in [0.1, 0.15) is 0 Å². The van der Waals surface area contributed by atoms with E-state index >= 15 is 0 Å². The number of benzene rings is 1. The quantitative estimate of drug-likeness (QED) is 0.793. The summed E-state index contributed by atoms with van der Waals surface area (Å²) in [5.41, 5.74) is 2.76. The molecular weight excluding hydrogens is 220 g/mol. The van der Waals surface area contributed by atoms with Crippen LogP contribution in [-0.2, 0) is 6.54 Å². The monoisotopic (exact) mass is 240 g/mol. The highest BCUT2D eigenvalue weighted by Gasteiger charge is 2.42. The normalized spacial score (nSPS) is 22.4. The fraction of sp³-hybridized carbons (Fsp3) is 0.562. The summed E-state index contributed by atoms with van der Waals surface area (Å²) in [5, 5.41) is 8.77. The maximum Gasteiger partial charge on any atom is 0.0991 e. The van der Waals surface area contributed by atoms with Crippen LogP contribution in [0.4, 0.5) is 0 Å². The molecule has 0 atom stereocenters. The molecule has 2 nitrogen and oxygen atoms in total. The summed E-state index contributed by atoms with van der Waals surface area (Å²) in [6, 6.07) is 10.2. The first-order valence-electron chi connectivity index (χ1n) is 7.01. The van der Waals surface area contributed by atoms with Gasteiger partial charge in [-0.3, -0.25) is 4.90 Å². The molecule has 1 aliphatic carbocycles. The molecule has 2 fully saturated rings. The van der Waals surface area contributed by atoms with Gasteiger partial charge in [0.15, 0.2) is 0 Å². The van der Waals surface area contributed by atoms with Crippen LogP contribution < -0.4 is 0 Å². The van der Waals surface area contributed by atoms with Crippen LogP contribution in [0.5, 0.6) is 0 Å². The Morgan fingerprint density at radius 2 is 1.72 bits per heavy atom. The van der Waals surface area contributed by atoms with Gasteiger partial charge in [-0.05, 0) is 36.0 Å². The van der Waals surface area contributed by atoms with E-state index in [2.05, 4.69) is 23.1 Å². The van der Waals surface area contributed by atoms with Crippen LogP contribution in [0, 0.1) is 16.7 Å². The molecule has 18 heavy (non-hydrogen) atoms. The van der Waals surface area contributed by atoms with E-state index in [9.17, 15) is 0 Å². The summed E-state index contributed by atoms with van der Waals surface area (Å²) in [7, 11) is 0. The standard InChI is InChI=1S/C16H20N2/c17-10-14-4-6-15(7-5-14)11-18-12-16(13-18)8-2-1-3-9-16/h4-7H,1-3,8-9,11-13H2. The van der Waals surface area contributed by atoms with E-state index < -0.39 is 0 Å². The minimum absolute atomic E-state index is 0.671. The second kappa shape index (κ2) is 4.74. The Balaban J connectivity index is 1.54. The Kier molecular flexibility index (Phi) is 3.09. The van der Waals surface area contributed by atoms with Crippen LogP contribution in [0.25, 0.3) is 0 Å². The Morgan fingerprint density at radius 3 is 2.33 bits per heavy atom. The third-order valence-electron chi connectivity index (χ3n) is 4.52. The second-order valence-corrected chi connectivity index (χ2v) is 6.01.